The Balaban J connectivity index is 2.96. The van der Waals surface area contributed by atoms with Crippen molar-refractivity contribution in [3.63, 3.8) is 0 Å². The number of halogens is 1. The first-order chi connectivity index (χ1) is 5.79. The number of aromatic nitrogens is 1. The highest BCUT2D eigenvalue weighted by Gasteiger charge is 2.04. The Bertz CT molecular complexity index is 250. The number of nitrogens with zero attached hydrogens (tertiary/aromatic N) is 2. The molecule has 0 saturated carbocycles. The molecule has 1 rings (SSSR count). The van der Waals surface area contributed by atoms with Crippen molar-refractivity contribution in [1.82, 2.24) is 4.98 Å². The number of hydrogen-bond acceptors (Lipinski definition) is 2. The summed E-state index contributed by atoms with van der Waals surface area (Å²) in [5, 5.41) is 0.862. The third kappa shape index (κ3) is 1.97. The van der Waals surface area contributed by atoms with Gasteiger partial charge in [0.25, 0.3) is 0 Å². The molecule has 0 saturated heterocycles. The zero-order valence-electron chi connectivity index (χ0n) is 7.42. The molecular formula is C9H13BrN2. The molecule has 0 radical (unpaired) electrons. The van der Waals surface area contributed by atoms with Gasteiger partial charge in [-0.2, -0.15) is 0 Å². The first kappa shape index (κ1) is 9.52. The van der Waals surface area contributed by atoms with E-state index in [4.69, 9.17) is 0 Å². The van der Waals surface area contributed by atoms with Crippen LogP contribution in [0.4, 0.5) is 5.82 Å². The molecule has 2 nitrogen and oxygen atoms in total. The number of alkyl halides is 1. The second kappa shape index (κ2) is 4.45. The van der Waals surface area contributed by atoms with Gasteiger partial charge < -0.3 is 4.90 Å². The maximum Gasteiger partial charge on any atom is 0.132 e. The lowest BCUT2D eigenvalue weighted by Gasteiger charge is -2.17. The molecule has 1 aromatic rings. The van der Waals surface area contributed by atoms with Crippen LogP contribution in [0.1, 0.15) is 12.5 Å². The fraction of sp³-hybridized carbons (Fsp3) is 0.444. The summed E-state index contributed by atoms with van der Waals surface area (Å²) in [5.41, 5.74) is 1.24. The SMILES string of the molecule is CCN(C)c1ncccc1CBr. The quantitative estimate of drug-likeness (QED) is 0.740. The Kier molecular flexibility index (Phi) is 3.53. The smallest absolute Gasteiger partial charge is 0.132 e. The molecule has 0 fully saturated rings. The van der Waals surface area contributed by atoms with E-state index in [9.17, 15) is 0 Å². The normalized spacial score (nSPS) is 9.92. The molecule has 0 aliphatic heterocycles. The largest absolute Gasteiger partial charge is 0.360 e. The van der Waals surface area contributed by atoms with E-state index in [-0.39, 0.29) is 0 Å². The van der Waals surface area contributed by atoms with Crippen molar-refractivity contribution in [2.24, 2.45) is 0 Å². The van der Waals surface area contributed by atoms with Gasteiger partial charge in [-0.3, -0.25) is 0 Å². The van der Waals surface area contributed by atoms with Gasteiger partial charge in [0.1, 0.15) is 5.82 Å². The average Bonchev–Trinajstić information content (AvgIpc) is 2.16. The maximum atomic E-state index is 4.32. The number of anilines is 1. The Labute approximate surface area is 81.7 Å². The van der Waals surface area contributed by atoms with Crippen LogP contribution in [0.25, 0.3) is 0 Å². The van der Waals surface area contributed by atoms with Gasteiger partial charge >= 0.3 is 0 Å². The van der Waals surface area contributed by atoms with Crippen molar-refractivity contribution in [2.45, 2.75) is 12.3 Å². The minimum absolute atomic E-state index is 0.862. The summed E-state index contributed by atoms with van der Waals surface area (Å²) >= 11 is 3.44. The predicted octanol–water partition coefficient (Wildman–Crippen LogP) is 2.43. The third-order valence-corrected chi connectivity index (χ3v) is 2.45. The summed E-state index contributed by atoms with van der Waals surface area (Å²) in [6.07, 6.45) is 1.83. The van der Waals surface area contributed by atoms with Gasteiger partial charge in [0.05, 0.1) is 0 Å². The minimum Gasteiger partial charge on any atom is -0.360 e. The van der Waals surface area contributed by atoms with Crippen molar-refractivity contribution >= 4 is 21.7 Å². The highest BCUT2D eigenvalue weighted by atomic mass is 79.9. The third-order valence-electron chi connectivity index (χ3n) is 1.85. The topological polar surface area (TPSA) is 16.1 Å². The molecule has 1 aromatic heterocycles. The lowest BCUT2D eigenvalue weighted by Crippen LogP contribution is -2.18. The summed E-state index contributed by atoms with van der Waals surface area (Å²) < 4.78 is 0. The highest BCUT2D eigenvalue weighted by molar-refractivity contribution is 9.08. The van der Waals surface area contributed by atoms with Gasteiger partial charge in [-0.25, -0.2) is 4.98 Å². The van der Waals surface area contributed by atoms with Gasteiger partial charge in [-0.15, -0.1) is 0 Å². The summed E-state index contributed by atoms with van der Waals surface area (Å²) in [7, 11) is 2.05. The zero-order chi connectivity index (χ0) is 8.97. The minimum atomic E-state index is 0.862. The molecule has 0 N–H and O–H groups in total. The van der Waals surface area contributed by atoms with Crippen LogP contribution in [0.3, 0.4) is 0 Å². The monoisotopic (exact) mass is 228 g/mol. The van der Waals surface area contributed by atoms with Gasteiger partial charge in [-0.05, 0) is 13.0 Å². The van der Waals surface area contributed by atoms with E-state index < -0.39 is 0 Å². The molecule has 0 aromatic carbocycles. The molecule has 0 aliphatic carbocycles. The van der Waals surface area contributed by atoms with Crippen molar-refractivity contribution in [3.05, 3.63) is 23.9 Å². The second-order valence-corrected chi connectivity index (χ2v) is 3.19. The van der Waals surface area contributed by atoms with Crippen LogP contribution in [0, 0.1) is 0 Å². The van der Waals surface area contributed by atoms with Crippen LogP contribution in [0.15, 0.2) is 18.3 Å². The summed E-state index contributed by atoms with van der Waals surface area (Å²) in [6.45, 7) is 3.10. The molecule has 0 bridgehead atoms. The lowest BCUT2D eigenvalue weighted by atomic mass is 10.3. The van der Waals surface area contributed by atoms with Gasteiger partial charge in [0, 0.05) is 30.7 Å². The summed E-state index contributed by atoms with van der Waals surface area (Å²) in [6, 6.07) is 4.05. The van der Waals surface area contributed by atoms with Crippen LogP contribution < -0.4 is 4.90 Å². The van der Waals surface area contributed by atoms with Crippen molar-refractivity contribution in [2.75, 3.05) is 18.5 Å². The highest BCUT2D eigenvalue weighted by Crippen LogP contribution is 2.17. The lowest BCUT2D eigenvalue weighted by molar-refractivity contribution is 0.928. The summed E-state index contributed by atoms with van der Waals surface area (Å²) in [5.74, 6) is 1.07. The van der Waals surface area contributed by atoms with Crippen LogP contribution in [-0.2, 0) is 5.33 Å². The molecule has 0 aliphatic rings. The Morgan fingerprint density at radius 1 is 1.58 bits per heavy atom. The number of hydrogen-bond donors (Lipinski definition) is 0. The Hall–Kier alpha value is -0.570. The van der Waals surface area contributed by atoms with Crippen LogP contribution >= 0.6 is 15.9 Å². The van der Waals surface area contributed by atoms with Crippen LogP contribution in [-0.4, -0.2) is 18.6 Å². The molecule has 0 amide bonds. The van der Waals surface area contributed by atoms with Gasteiger partial charge in [0.2, 0.25) is 0 Å². The van der Waals surface area contributed by atoms with E-state index in [1.54, 1.807) is 0 Å². The summed E-state index contributed by atoms with van der Waals surface area (Å²) in [4.78, 5) is 6.45. The van der Waals surface area contributed by atoms with E-state index in [1.165, 1.54) is 5.56 Å². The average molecular weight is 229 g/mol. The number of rotatable bonds is 3. The second-order valence-electron chi connectivity index (χ2n) is 2.63. The van der Waals surface area contributed by atoms with Crippen molar-refractivity contribution < 1.29 is 0 Å². The van der Waals surface area contributed by atoms with Crippen molar-refractivity contribution in [3.8, 4) is 0 Å². The molecule has 0 atom stereocenters. The van der Waals surface area contributed by atoms with E-state index in [1.807, 2.05) is 12.3 Å². The fourth-order valence-electron chi connectivity index (χ4n) is 1.03. The standard InChI is InChI=1S/C9H13BrN2/c1-3-12(2)9-8(7-10)5-4-6-11-9/h4-6H,3,7H2,1-2H3. The first-order valence-corrected chi connectivity index (χ1v) is 5.12. The maximum absolute atomic E-state index is 4.32. The van der Waals surface area contributed by atoms with E-state index in [2.05, 4.69) is 45.9 Å². The van der Waals surface area contributed by atoms with Gasteiger partial charge in [0.15, 0.2) is 0 Å². The Morgan fingerprint density at radius 3 is 2.92 bits per heavy atom. The number of pyridine rings is 1. The fourth-order valence-corrected chi connectivity index (χ4v) is 1.47. The predicted molar refractivity (Wildman–Crippen MR) is 55.8 cm³/mol. The molecule has 12 heavy (non-hydrogen) atoms. The molecule has 1 heterocycles. The molecule has 3 heteroatoms. The van der Waals surface area contributed by atoms with Crippen LogP contribution in [0.2, 0.25) is 0 Å². The van der Waals surface area contributed by atoms with E-state index in [0.29, 0.717) is 0 Å². The first-order valence-electron chi connectivity index (χ1n) is 4.00. The van der Waals surface area contributed by atoms with Crippen molar-refractivity contribution in [1.29, 1.82) is 0 Å². The molecule has 66 valence electrons. The molecule has 0 spiro atoms. The molecule has 0 unspecified atom stereocenters. The Morgan fingerprint density at radius 2 is 2.33 bits per heavy atom. The van der Waals surface area contributed by atoms with Crippen LogP contribution in [0.5, 0.6) is 0 Å². The van der Waals surface area contributed by atoms with Gasteiger partial charge in [-0.1, -0.05) is 22.0 Å². The molecular weight excluding hydrogens is 216 g/mol. The zero-order valence-corrected chi connectivity index (χ0v) is 9.00. The van der Waals surface area contributed by atoms with E-state index >= 15 is 0 Å². The van der Waals surface area contributed by atoms with E-state index in [0.717, 1.165) is 17.7 Å².